The van der Waals surface area contributed by atoms with Crippen molar-refractivity contribution in [1.29, 1.82) is 0 Å². The molecule has 6 atom stereocenters. The first-order valence-corrected chi connectivity index (χ1v) is 21.3. The smallest absolute Gasteiger partial charge is 0.313 e. The number of methoxy groups -OCH3 is 2. The average Bonchev–Trinajstić information content (AvgIpc) is 3.83. The third-order valence-corrected chi connectivity index (χ3v) is 15.9. The summed E-state index contributed by atoms with van der Waals surface area (Å²) in [6, 6.07) is 15.4. The molecular formula is C47H59NO8S. The highest BCUT2D eigenvalue weighted by atomic mass is 32.1. The van der Waals surface area contributed by atoms with Gasteiger partial charge in [0.05, 0.1) is 42.8 Å². The first kappa shape index (κ1) is 41.2. The molecule has 306 valence electrons. The van der Waals surface area contributed by atoms with Crippen LogP contribution >= 0.6 is 11.3 Å². The predicted molar refractivity (Wildman–Crippen MR) is 221 cm³/mol. The van der Waals surface area contributed by atoms with Crippen LogP contribution in [0, 0.1) is 23.2 Å². The van der Waals surface area contributed by atoms with Crippen LogP contribution in [0.1, 0.15) is 129 Å². The molecule has 8 rings (SSSR count). The molecule has 3 fully saturated rings. The molecule has 1 saturated heterocycles. The maximum absolute atomic E-state index is 15.4. The van der Waals surface area contributed by atoms with Crippen LogP contribution in [0.25, 0.3) is 0 Å². The SMILES string of the molecule is COc1ccc(CN(C[C@]2(O)CC[C@H]3c4ccc(cc4C(=O)c4ccc(C)s4)C[C@@H](O)CCC(C)=CCC[C@@]32C)C(=O)[C@@]23CC[C@@](C)(C(=O)O2)C3(C)C)c(OC)c1. The van der Waals surface area contributed by atoms with E-state index < -0.39 is 33.6 Å². The Morgan fingerprint density at radius 3 is 2.37 bits per heavy atom. The van der Waals surface area contributed by atoms with Crippen molar-refractivity contribution in [2.24, 2.45) is 16.2 Å². The van der Waals surface area contributed by atoms with Gasteiger partial charge in [0.2, 0.25) is 5.78 Å². The van der Waals surface area contributed by atoms with E-state index in [9.17, 15) is 19.8 Å². The van der Waals surface area contributed by atoms with Crippen molar-refractivity contribution >= 4 is 29.0 Å². The summed E-state index contributed by atoms with van der Waals surface area (Å²) < 4.78 is 17.5. The number of carbonyl (C=O) groups is 3. The number of thiophene rings is 1. The van der Waals surface area contributed by atoms with Crippen LogP contribution in [0.4, 0.5) is 0 Å². The van der Waals surface area contributed by atoms with Gasteiger partial charge >= 0.3 is 5.97 Å². The standard InChI is InChI=1S/C47H59NO8S/c1-29-10-9-20-44(5)37(35-17-13-31(24-33(49)15-11-29)25-36(35)40(50)39-18-12-30(2)57-39)19-21-46(44,53)28-48(27-32-14-16-34(54-7)26-38(32)55-8)41(51)47-23-22-45(6,42(52)56-47)43(47,3)4/h10,12-14,16-18,25-26,33,37,49,53H,9,11,15,19-24,27-28H2,1-8H3/t33-,37-,44-,45-,46+,47+/m0/s1. The first-order chi connectivity index (χ1) is 26.9. The zero-order chi connectivity index (χ0) is 41.1. The highest BCUT2D eigenvalue weighted by molar-refractivity contribution is 7.14. The van der Waals surface area contributed by atoms with Gasteiger partial charge in [0, 0.05) is 39.4 Å². The Labute approximate surface area is 341 Å². The molecule has 1 amide bonds. The Kier molecular flexibility index (Phi) is 10.8. The monoisotopic (exact) mass is 797 g/mol. The topological polar surface area (TPSA) is 123 Å². The summed E-state index contributed by atoms with van der Waals surface area (Å²) in [7, 11) is 3.17. The summed E-state index contributed by atoms with van der Waals surface area (Å²) in [5.74, 6) is 0.200. The number of hydrogen-bond donors (Lipinski definition) is 2. The van der Waals surface area contributed by atoms with Crippen LogP contribution < -0.4 is 9.47 Å². The maximum atomic E-state index is 15.4. The molecule has 3 aromatic rings. The lowest BCUT2D eigenvalue weighted by Crippen LogP contribution is -2.60. The number of nitrogens with zero attached hydrogens (tertiary/aromatic N) is 1. The van der Waals surface area contributed by atoms with E-state index in [-0.39, 0.29) is 36.7 Å². The Hall–Kier alpha value is -3.99. The third-order valence-electron chi connectivity index (χ3n) is 14.9. The van der Waals surface area contributed by atoms with Crippen molar-refractivity contribution < 1.29 is 38.8 Å². The van der Waals surface area contributed by atoms with Crippen LogP contribution in [-0.2, 0) is 27.3 Å². The van der Waals surface area contributed by atoms with E-state index in [1.54, 1.807) is 25.2 Å². The quantitative estimate of drug-likeness (QED) is 0.126. The van der Waals surface area contributed by atoms with E-state index in [4.69, 9.17) is 14.2 Å². The van der Waals surface area contributed by atoms with Gasteiger partial charge in [-0.2, -0.15) is 0 Å². The van der Waals surface area contributed by atoms with Gasteiger partial charge in [0.25, 0.3) is 5.91 Å². The highest BCUT2D eigenvalue weighted by Gasteiger charge is 2.76. The van der Waals surface area contributed by atoms with E-state index in [1.807, 2.05) is 70.2 Å². The molecular weight excluding hydrogens is 739 g/mol. The van der Waals surface area contributed by atoms with E-state index in [1.165, 1.54) is 16.9 Å². The zero-order valence-electron chi connectivity index (χ0n) is 34.8. The van der Waals surface area contributed by atoms with Crippen LogP contribution in [-0.4, -0.2) is 70.8 Å². The van der Waals surface area contributed by atoms with Crippen molar-refractivity contribution in [3.05, 3.63) is 92.2 Å². The number of benzene rings is 2. The fraction of sp³-hybridized carbons (Fsp3) is 0.553. The van der Waals surface area contributed by atoms with Gasteiger partial charge in [-0.3, -0.25) is 14.4 Å². The van der Waals surface area contributed by atoms with Gasteiger partial charge in [-0.1, -0.05) is 44.6 Å². The lowest BCUT2D eigenvalue weighted by molar-refractivity contribution is -0.178. The molecule has 10 heteroatoms. The largest absolute Gasteiger partial charge is 0.497 e. The minimum atomic E-state index is -1.40. The van der Waals surface area contributed by atoms with E-state index in [0.29, 0.717) is 73.3 Å². The molecule has 1 aromatic heterocycles. The van der Waals surface area contributed by atoms with E-state index in [0.717, 1.165) is 28.0 Å². The van der Waals surface area contributed by atoms with Gasteiger partial charge in [0.1, 0.15) is 11.5 Å². The number of allylic oxidation sites excluding steroid dienone is 2. The Bertz CT molecular complexity index is 2100. The zero-order valence-corrected chi connectivity index (χ0v) is 35.6. The van der Waals surface area contributed by atoms with Crippen LogP contribution in [0.15, 0.2) is 60.2 Å². The summed E-state index contributed by atoms with van der Waals surface area (Å²) >= 11 is 1.47. The van der Waals surface area contributed by atoms with Gasteiger partial charge in [-0.15, -0.1) is 11.3 Å². The Morgan fingerprint density at radius 2 is 1.72 bits per heavy atom. The fourth-order valence-electron chi connectivity index (χ4n) is 10.6. The van der Waals surface area contributed by atoms with Gasteiger partial charge in [-0.05, 0) is 126 Å². The lowest BCUT2D eigenvalue weighted by atomic mass is 9.64. The maximum Gasteiger partial charge on any atom is 0.313 e. The summed E-state index contributed by atoms with van der Waals surface area (Å²) in [6.45, 7) is 12.1. The number of rotatable bonds is 9. The number of aliphatic hydroxyl groups excluding tert-OH is 1. The third kappa shape index (κ3) is 6.73. The number of hydrogen-bond acceptors (Lipinski definition) is 9. The van der Waals surface area contributed by atoms with Crippen LogP contribution in [0.2, 0.25) is 0 Å². The predicted octanol–water partition coefficient (Wildman–Crippen LogP) is 8.49. The van der Waals surface area contributed by atoms with Gasteiger partial charge in [-0.25, -0.2) is 0 Å². The Balaban J connectivity index is 1.34. The molecule has 9 nitrogen and oxygen atoms in total. The number of aryl methyl sites for hydroxylation is 1. The number of carbonyl (C=O) groups excluding carboxylic acids is 3. The summed E-state index contributed by atoms with van der Waals surface area (Å²) in [5, 5.41) is 24.4. The van der Waals surface area contributed by atoms with Crippen LogP contribution in [0.3, 0.4) is 0 Å². The second-order valence-electron chi connectivity index (χ2n) is 18.2. The lowest BCUT2D eigenvalue weighted by Gasteiger charge is -2.47. The van der Waals surface area contributed by atoms with E-state index in [2.05, 4.69) is 19.9 Å². The number of amides is 1. The van der Waals surface area contributed by atoms with E-state index >= 15 is 4.79 Å². The van der Waals surface area contributed by atoms with Gasteiger partial charge < -0.3 is 29.3 Å². The molecule has 2 N–H and O–H groups in total. The number of ketones is 1. The fourth-order valence-corrected chi connectivity index (χ4v) is 11.4. The average molecular weight is 798 g/mol. The van der Waals surface area contributed by atoms with Gasteiger partial charge in [0.15, 0.2) is 5.60 Å². The molecule has 4 aliphatic carbocycles. The van der Waals surface area contributed by atoms with Crippen molar-refractivity contribution in [1.82, 2.24) is 4.90 Å². The first-order valence-electron chi connectivity index (χ1n) is 20.5. The summed E-state index contributed by atoms with van der Waals surface area (Å²) in [5.41, 5.74) is -0.884. The second kappa shape index (κ2) is 15.0. The normalized spacial score (nSPS) is 30.6. The minimum Gasteiger partial charge on any atom is -0.497 e. The van der Waals surface area contributed by atoms with Crippen LogP contribution in [0.5, 0.6) is 11.5 Å². The Morgan fingerprint density at radius 1 is 0.947 bits per heavy atom. The molecule has 1 aliphatic heterocycles. The molecule has 0 radical (unpaired) electrons. The number of ether oxygens (including phenoxy) is 3. The number of fused-ring (bicyclic) bond motifs is 10. The molecule has 2 heterocycles. The molecule has 0 unspecified atom stereocenters. The number of esters is 1. The highest BCUT2D eigenvalue weighted by Crippen LogP contribution is 2.66. The van der Waals surface area contributed by atoms with Crippen molar-refractivity contribution in [2.75, 3.05) is 20.8 Å². The van der Waals surface area contributed by atoms with Crippen molar-refractivity contribution in [3.63, 3.8) is 0 Å². The summed E-state index contributed by atoms with van der Waals surface area (Å²) in [6.07, 6.45) is 6.66. The van der Waals surface area contributed by atoms with Crippen molar-refractivity contribution in [2.45, 2.75) is 129 Å². The van der Waals surface area contributed by atoms with Crippen molar-refractivity contribution in [3.8, 4) is 11.5 Å². The molecule has 2 aromatic carbocycles. The minimum absolute atomic E-state index is 0.0134. The molecule has 5 aliphatic rings. The summed E-state index contributed by atoms with van der Waals surface area (Å²) in [4.78, 5) is 46.7. The molecule has 57 heavy (non-hydrogen) atoms. The second-order valence-corrected chi connectivity index (χ2v) is 19.5. The molecule has 4 bridgehead atoms. The molecule has 2 saturated carbocycles. The molecule has 0 spiro atoms. The number of aliphatic hydroxyl groups is 2.